The van der Waals surface area contributed by atoms with Crippen molar-refractivity contribution in [2.45, 2.75) is 58.2 Å². The molecule has 0 unspecified atom stereocenters. The third-order valence-electron chi connectivity index (χ3n) is 3.52. The molecule has 0 saturated heterocycles. The van der Waals surface area contributed by atoms with Crippen LogP contribution in [0.1, 0.15) is 44.7 Å². The highest BCUT2D eigenvalue weighted by atomic mass is 16.5. The van der Waals surface area contributed by atoms with E-state index in [1.54, 1.807) is 0 Å². The summed E-state index contributed by atoms with van der Waals surface area (Å²) in [5.74, 6) is 0. The van der Waals surface area contributed by atoms with Gasteiger partial charge >= 0.3 is 0 Å². The van der Waals surface area contributed by atoms with E-state index in [1.807, 2.05) is 12.5 Å². The quantitative estimate of drug-likeness (QED) is 0.721. The molecular weight excluding hydrogens is 226 g/mol. The molecule has 0 spiro atoms. The molecule has 102 valence electrons. The molecule has 2 rings (SSSR count). The van der Waals surface area contributed by atoms with Gasteiger partial charge in [0.2, 0.25) is 0 Å². The maximum Gasteiger partial charge on any atom is 0.0949 e. The largest absolute Gasteiger partial charge is 0.376 e. The lowest BCUT2D eigenvalue weighted by atomic mass is 10.3. The van der Waals surface area contributed by atoms with Crippen LogP contribution in [0.25, 0.3) is 0 Å². The minimum Gasteiger partial charge on any atom is -0.376 e. The first-order valence-electron chi connectivity index (χ1n) is 7.21. The molecule has 0 amide bonds. The Labute approximate surface area is 110 Å². The van der Waals surface area contributed by atoms with Gasteiger partial charge in [0.1, 0.15) is 0 Å². The SMILES string of the molecule is CCCNCc1cncn1CCOC1CCCC1. The van der Waals surface area contributed by atoms with Crippen LogP contribution in [-0.4, -0.2) is 28.8 Å². The maximum atomic E-state index is 5.89. The Balaban J connectivity index is 1.69. The third-order valence-corrected chi connectivity index (χ3v) is 3.52. The second-order valence-corrected chi connectivity index (χ2v) is 5.03. The zero-order valence-corrected chi connectivity index (χ0v) is 11.4. The molecule has 1 aromatic rings. The van der Waals surface area contributed by atoms with Crippen LogP contribution in [-0.2, 0) is 17.8 Å². The van der Waals surface area contributed by atoms with E-state index in [4.69, 9.17) is 4.74 Å². The summed E-state index contributed by atoms with van der Waals surface area (Å²) in [5.41, 5.74) is 1.25. The van der Waals surface area contributed by atoms with Gasteiger partial charge in [0.15, 0.2) is 0 Å². The van der Waals surface area contributed by atoms with Crippen LogP contribution in [0.5, 0.6) is 0 Å². The standard InChI is InChI=1S/C14H25N3O/c1-2-7-15-10-13-11-16-12-17(13)8-9-18-14-5-3-4-6-14/h11-12,14-15H,2-10H2,1H3. The molecule has 1 saturated carbocycles. The smallest absolute Gasteiger partial charge is 0.0949 e. The highest BCUT2D eigenvalue weighted by Gasteiger charge is 2.14. The Hall–Kier alpha value is -0.870. The summed E-state index contributed by atoms with van der Waals surface area (Å²) in [5, 5.41) is 3.41. The van der Waals surface area contributed by atoms with E-state index in [9.17, 15) is 0 Å². The van der Waals surface area contributed by atoms with Crippen LogP contribution in [0.3, 0.4) is 0 Å². The summed E-state index contributed by atoms with van der Waals surface area (Å²) in [6.07, 6.45) is 10.7. The van der Waals surface area contributed by atoms with Crippen LogP contribution < -0.4 is 5.32 Å². The van der Waals surface area contributed by atoms with Crippen molar-refractivity contribution in [3.8, 4) is 0 Å². The molecule has 0 bridgehead atoms. The van der Waals surface area contributed by atoms with E-state index >= 15 is 0 Å². The van der Waals surface area contributed by atoms with Crippen molar-refractivity contribution >= 4 is 0 Å². The predicted octanol–water partition coefficient (Wildman–Crippen LogP) is 2.34. The van der Waals surface area contributed by atoms with Crippen molar-refractivity contribution in [2.24, 2.45) is 0 Å². The molecule has 1 heterocycles. The fourth-order valence-electron chi connectivity index (χ4n) is 2.46. The minimum atomic E-state index is 0.509. The van der Waals surface area contributed by atoms with Crippen molar-refractivity contribution in [3.63, 3.8) is 0 Å². The molecule has 0 atom stereocenters. The van der Waals surface area contributed by atoms with E-state index in [2.05, 4.69) is 21.8 Å². The molecule has 4 heteroatoms. The number of rotatable bonds is 8. The summed E-state index contributed by atoms with van der Waals surface area (Å²) in [6.45, 7) is 5.86. The Morgan fingerprint density at radius 2 is 2.28 bits per heavy atom. The van der Waals surface area contributed by atoms with Gasteiger partial charge in [-0.3, -0.25) is 0 Å². The highest BCUT2D eigenvalue weighted by molar-refractivity contribution is 4.97. The Morgan fingerprint density at radius 3 is 3.06 bits per heavy atom. The van der Waals surface area contributed by atoms with Gasteiger partial charge in [-0.1, -0.05) is 19.8 Å². The topological polar surface area (TPSA) is 39.1 Å². The van der Waals surface area contributed by atoms with E-state index in [0.29, 0.717) is 6.10 Å². The first kappa shape index (κ1) is 13.6. The first-order chi connectivity index (χ1) is 8.90. The maximum absolute atomic E-state index is 5.89. The van der Waals surface area contributed by atoms with Crippen LogP contribution in [0, 0.1) is 0 Å². The van der Waals surface area contributed by atoms with Gasteiger partial charge in [0.05, 0.1) is 24.7 Å². The third kappa shape index (κ3) is 4.10. The molecule has 0 aliphatic heterocycles. The number of ether oxygens (including phenoxy) is 1. The van der Waals surface area contributed by atoms with Crippen molar-refractivity contribution in [3.05, 3.63) is 18.2 Å². The second-order valence-electron chi connectivity index (χ2n) is 5.03. The average molecular weight is 251 g/mol. The Kier molecular flexibility index (Phi) is 5.68. The lowest BCUT2D eigenvalue weighted by molar-refractivity contribution is 0.0526. The van der Waals surface area contributed by atoms with E-state index in [1.165, 1.54) is 37.8 Å². The average Bonchev–Trinajstić information content (AvgIpc) is 3.02. The van der Waals surface area contributed by atoms with E-state index < -0.39 is 0 Å². The van der Waals surface area contributed by atoms with Gasteiger partial charge in [-0.2, -0.15) is 0 Å². The summed E-state index contributed by atoms with van der Waals surface area (Å²) in [7, 11) is 0. The van der Waals surface area contributed by atoms with Gasteiger partial charge in [-0.25, -0.2) is 4.98 Å². The molecule has 1 aliphatic rings. The monoisotopic (exact) mass is 251 g/mol. The van der Waals surface area contributed by atoms with Gasteiger partial charge < -0.3 is 14.6 Å². The number of aromatic nitrogens is 2. The van der Waals surface area contributed by atoms with Crippen molar-refractivity contribution in [2.75, 3.05) is 13.2 Å². The summed E-state index contributed by atoms with van der Waals surface area (Å²) in [6, 6.07) is 0. The fourth-order valence-corrected chi connectivity index (χ4v) is 2.46. The Bertz CT molecular complexity index is 332. The van der Waals surface area contributed by atoms with Gasteiger partial charge in [0, 0.05) is 19.3 Å². The van der Waals surface area contributed by atoms with Crippen molar-refractivity contribution in [1.82, 2.24) is 14.9 Å². The van der Waals surface area contributed by atoms with Gasteiger partial charge in [0.25, 0.3) is 0 Å². The first-order valence-corrected chi connectivity index (χ1v) is 7.21. The van der Waals surface area contributed by atoms with Crippen LogP contribution >= 0.6 is 0 Å². The molecule has 0 aromatic carbocycles. The molecule has 1 N–H and O–H groups in total. The number of imidazole rings is 1. The van der Waals surface area contributed by atoms with Gasteiger partial charge in [-0.05, 0) is 25.8 Å². The Morgan fingerprint density at radius 1 is 1.44 bits per heavy atom. The molecule has 4 nitrogen and oxygen atoms in total. The molecule has 1 aromatic heterocycles. The summed E-state index contributed by atoms with van der Waals surface area (Å²) >= 11 is 0. The predicted molar refractivity (Wildman–Crippen MR) is 72.4 cm³/mol. The number of hydrogen-bond donors (Lipinski definition) is 1. The molecular formula is C14H25N3O. The van der Waals surface area contributed by atoms with Gasteiger partial charge in [-0.15, -0.1) is 0 Å². The van der Waals surface area contributed by atoms with E-state index in [0.717, 1.165) is 26.2 Å². The zero-order chi connectivity index (χ0) is 12.6. The fraction of sp³-hybridized carbons (Fsp3) is 0.786. The summed E-state index contributed by atoms with van der Waals surface area (Å²) in [4.78, 5) is 4.22. The highest BCUT2D eigenvalue weighted by Crippen LogP contribution is 2.20. The molecule has 18 heavy (non-hydrogen) atoms. The van der Waals surface area contributed by atoms with Crippen molar-refractivity contribution < 1.29 is 4.74 Å². The minimum absolute atomic E-state index is 0.509. The van der Waals surface area contributed by atoms with Crippen LogP contribution in [0.4, 0.5) is 0 Å². The lowest BCUT2D eigenvalue weighted by Gasteiger charge is -2.13. The normalized spacial score (nSPS) is 16.5. The second kappa shape index (κ2) is 7.54. The molecule has 1 fully saturated rings. The van der Waals surface area contributed by atoms with Crippen LogP contribution in [0.15, 0.2) is 12.5 Å². The van der Waals surface area contributed by atoms with Crippen molar-refractivity contribution in [1.29, 1.82) is 0 Å². The number of nitrogens with zero attached hydrogens (tertiary/aromatic N) is 2. The summed E-state index contributed by atoms with van der Waals surface area (Å²) < 4.78 is 8.08. The van der Waals surface area contributed by atoms with E-state index in [-0.39, 0.29) is 0 Å². The lowest BCUT2D eigenvalue weighted by Crippen LogP contribution is -2.19. The van der Waals surface area contributed by atoms with Crippen LogP contribution in [0.2, 0.25) is 0 Å². The number of hydrogen-bond acceptors (Lipinski definition) is 3. The molecule has 1 aliphatic carbocycles. The number of nitrogens with one attached hydrogen (secondary N) is 1. The zero-order valence-electron chi connectivity index (χ0n) is 11.4. The molecule has 0 radical (unpaired) electrons.